The number of aliphatic hydroxyl groups is 1. The number of rotatable bonds is 7. The minimum atomic E-state index is -4.57. The largest absolute Gasteiger partial charge is 0.493 e. The summed E-state index contributed by atoms with van der Waals surface area (Å²) in [4.78, 5) is 8.23. The molecule has 1 saturated heterocycles. The predicted molar refractivity (Wildman–Crippen MR) is 140 cm³/mol. The van der Waals surface area contributed by atoms with E-state index in [1.54, 1.807) is 29.5 Å². The van der Waals surface area contributed by atoms with Gasteiger partial charge in [0.2, 0.25) is 0 Å². The molecule has 1 aromatic heterocycles. The van der Waals surface area contributed by atoms with Gasteiger partial charge in [0.05, 0.1) is 18.4 Å². The lowest BCUT2D eigenvalue weighted by Crippen LogP contribution is -2.36. The predicted octanol–water partition coefficient (Wildman–Crippen LogP) is 5.68. The van der Waals surface area contributed by atoms with Crippen molar-refractivity contribution in [2.24, 2.45) is 0 Å². The summed E-state index contributed by atoms with van der Waals surface area (Å²) in [5.74, 6) is -0.139. The van der Waals surface area contributed by atoms with Crippen LogP contribution in [0.5, 0.6) is 5.75 Å². The van der Waals surface area contributed by atoms with Crippen LogP contribution in [0.2, 0.25) is 0 Å². The van der Waals surface area contributed by atoms with E-state index < -0.39 is 11.7 Å². The van der Waals surface area contributed by atoms with Crippen molar-refractivity contribution in [3.63, 3.8) is 0 Å². The van der Waals surface area contributed by atoms with Crippen LogP contribution >= 0.6 is 11.3 Å². The van der Waals surface area contributed by atoms with E-state index in [9.17, 15) is 18.3 Å². The fraction of sp³-hybridized carbons (Fsp3) is 0.464. The Balaban J connectivity index is 1.40. The second-order valence-corrected chi connectivity index (χ2v) is 10.8. The Labute approximate surface area is 219 Å². The maximum atomic E-state index is 14.4. The normalized spacial score (nSPS) is 17.1. The second kappa shape index (κ2) is 11.1. The van der Waals surface area contributed by atoms with Gasteiger partial charge in [-0.2, -0.15) is 13.2 Å². The summed E-state index contributed by atoms with van der Waals surface area (Å²) in [7, 11) is 0. The van der Waals surface area contributed by atoms with Gasteiger partial charge in [0.15, 0.2) is 0 Å². The minimum absolute atomic E-state index is 0.123. The van der Waals surface area contributed by atoms with Gasteiger partial charge in [-0.3, -0.25) is 0 Å². The molecule has 3 heterocycles. The van der Waals surface area contributed by atoms with Gasteiger partial charge in [-0.05, 0) is 48.9 Å². The molecule has 0 spiro atoms. The number of thiazole rings is 1. The Morgan fingerprint density at radius 1 is 1.11 bits per heavy atom. The number of nitrogens with one attached hydrogen (secondary N) is 1. The zero-order chi connectivity index (χ0) is 26.0. The Kier molecular flexibility index (Phi) is 7.85. The number of halogens is 3. The highest BCUT2D eigenvalue weighted by molar-refractivity contribution is 7.15. The highest BCUT2D eigenvalue weighted by Gasteiger charge is 2.38. The summed E-state index contributed by atoms with van der Waals surface area (Å²) in [6.07, 6.45) is -1.86. The molecule has 0 saturated carbocycles. The molecule has 198 valence electrons. The summed E-state index contributed by atoms with van der Waals surface area (Å²) < 4.78 is 49.0. The first kappa shape index (κ1) is 26.2. The van der Waals surface area contributed by atoms with Crippen LogP contribution in [0.15, 0.2) is 36.4 Å². The number of aromatic nitrogens is 1. The van der Waals surface area contributed by atoms with Crippen LogP contribution in [-0.4, -0.2) is 53.9 Å². The van der Waals surface area contributed by atoms with Crippen molar-refractivity contribution in [3.05, 3.63) is 58.1 Å². The lowest BCUT2D eigenvalue weighted by Gasteiger charge is -2.29. The number of alkyl halides is 3. The van der Waals surface area contributed by atoms with Crippen molar-refractivity contribution in [1.82, 2.24) is 15.2 Å². The average Bonchev–Trinajstić information content (AvgIpc) is 3.31. The SMILES string of the molecule is Cc1c(-c2nc3c(s2)CNCC3)cccc1-c1cccc(OCCCN2CCC(O)CC2)c1C(F)(F)F. The van der Waals surface area contributed by atoms with Crippen LogP contribution in [0.4, 0.5) is 13.2 Å². The average molecular weight is 532 g/mol. The summed E-state index contributed by atoms with van der Waals surface area (Å²) in [6.45, 7) is 6.08. The second-order valence-electron chi connectivity index (χ2n) is 9.75. The fourth-order valence-electron chi connectivity index (χ4n) is 5.18. The third kappa shape index (κ3) is 5.85. The molecule has 1 fully saturated rings. The van der Waals surface area contributed by atoms with Crippen molar-refractivity contribution in [2.45, 2.75) is 51.4 Å². The van der Waals surface area contributed by atoms with Gasteiger partial charge in [0.25, 0.3) is 0 Å². The number of likely N-dealkylation sites (tertiary alicyclic amines) is 1. The first-order valence-corrected chi connectivity index (χ1v) is 13.7. The van der Waals surface area contributed by atoms with E-state index in [-0.39, 0.29) is 24.0 Å². The first-order valence-electron chi connectivity index (χ1n) is 12.8. The van der Waals surface area contributed by atoms with Gasteiger partial charge in [0, 0.05) is 49.6 Å². The zero-order valence-corrected chi connectivity index (χ0v) is 21.7. The number of fused-ring (bicyclic) bond motifs is 1. The Morgan fingerprint density at radius 2 is 1.84 bits per heavy atom. The molecule has 37 heavy (non-hydrogen) atoms. The van der Waals surface area contributed by atoms with Gasteiger partial charge >= 0.3 is 6.18 Å². The maximum Gasteiger partial charge on any atom is 0.420 e. The van der Waals surface area contributed by atoms with E-state index in [1.165, 1.54) is 17.0 Å². The number of hydrogen-bond donors (Lipinski definition) is 2. The monoisotopic (exact) mass is 531 g/mol. The van der Waals surface area contributed by atoms with Gasteiger partial charge in [-0.15, -0.1) is 11.3 Å². The molecular weight excluding hydrogens is 499 g/mol. The molecule has 2 aliphatic heterocycles. The fourth-order valence-corrected chi connectivity index (χ4v) is 6.34. The number of piperidine rings is 1. The molecule has 0 aliphatic carbocycles. The number of aliphatic hydroxyl groups excluding tert-OH is 1. The van der Waals surface area contributed by atoms with Gasteiger partial charge in [-0.25, -0.2) is 4.98 Å². The molecule has 9 heteroatoms. The van der Waals surface area contributed by atoms with Crippen LogP contribution in [0.25, 0.3) is 21.7 Å². The molecule has 0 radical (unpaired) electrons. The standard InChI is InChI=1S/C28H32F3N3O2S/c1-18-20(5-2-6-21(18)27-33-23-9-12-32-17-25(23)37-27)22-7-3-8-24(26(22)28(29,30)31)36-16-4-13-34-14-10-19(35)11-15-34/h2-3,5-8,19,32,35H,4,9-17H2,1H3. The number of ether oxygens (including phenoxy) is 1. The summed E-state index contributed by atoms with van der Waals surface area (Å²) in [5.41, 5.74) is 2.64. The molecule has 0 amide bonds. The van der Waals surface area contributed by atoms with E-state index in [1.807, 2.05) is 13.0 Å². The van der Waals surface area contributed by atoms with E-state index in [4.69, 9.17) is 9.72 Å². The number of nitrogens with zero attached hydrogens (tertiary/aromatic N) is 2. The van der Waals surface area contributed by atoms with Crippen molar-refractivity contribution >= 4 is 11.3 Å². The van der Waals surface area contributed by atoms with E-state index in [2.05, 4.69) is 10.2 Å². The molecular formula is C28H32F3N3O2S. The van der Waals surface area contributed by atoms with Crippen LogP contribution < -0.4 is 10.1 Å². The molecule has 5 nitrogen and oxygen atoms in total. The molecule has 0 bridgehead atoms. The van der Waals surface area contributed by atoms with Crippen LogP contribution in [-0.2, 0) is 19.1 Å². The van der Waals surface area contributed by atoms with Crippen LogP contribution in [0.1, 0.15) is 41.0 Å². The van der Waals surface area contributed by atoms with Crippen molar-refractivity contribution < 1.29 is 23.0 Å². The number of hydrogen-bond acceptors (Lipinski definition) is 6. The maximum absolute atomic E-state index is 14.4. The third-order valence-electron chi connectivity index (χ3n) is 7.20. The van der Waals surface area contributed by atoms with Crippen molar-refractivity contribution in [3.8, 4) is 27.4 Å². The van der Waals surface area contributed by atoms with E-state index >= 15 is 0 Å². The molecule has 0 atom stereocenters. The zero-order valence-electron chi connectivity index (χ0n) is 20.9. The molecule has 0 unspecified atom stereocenters. The summed E-state index contributed by atoms with van der Waals surface area (Å²) in [6, 6.07) is 10.0. The lowest BCUT2D eigenvalue weighted by atomic mass is 9.92. The van der Waals surface area contributed by atoms with Crippen molar-refractivity contribution in [2.75, 3.05) is 32.8 Å². The summed E-state index contributed by atoms with van der Waals surface area (Å²) >= 11 is 1.61. The first-order chi connectivity index (χ1) is 17.8. The molecule has 2 N–H and O–H groups in total. The Hall–Kier alpha value is -2.46. The molecule has 5 rings (SSSR count). The summed E-state index contributed by atoms with van der Waals surface area (Å²) in [5, 5.41) is 13.8. The Morgan fingerprint density at radius 3 is 2.59 bits per heavy atom. The molecule has 3 aromatic rings. The van der Waals surface area contributed by atoms with Crippen LogP contribution in [0, 0.1) is 6.92 Å². The highest BCUT2D eigenvalue weighted by Crippen LogP contribution is 2.45. The van der Waals surface area contributed by atoms with Crippen LogP contribution in [0.3, 0.4) is 0 Å². The molecule has 2 aromatic carbocycles. The quantitative estimate of drug-likeness (QED) is 0.385. The minimum Gasteiger partial charge on any atom is -0.493 e. The topological polar surface area (TPSA) is 57.6 Å². The smallest absolute Gasteiger partial charge is 0.420 e. The number of benzene rings is 2. The third-order valence-corrected chi connectivity index (χ3v) is 8.33. The van der Waals surface area contributed by atoms with Gasteiger partial charge in [0.1, 0.15) is 16.3 Å². The van der Waals surface area contributed by atoms with E-state index in [0.29, 0.717) is 12.0 Å². The molecule has 2 aliphatic rings. The van der Waals surface area contributed by atoms with Gasteiger partial charge < -0.3 is 20.1 Å². The van der Waals surface area contributed by atoms with Gasteiger partial charge in [-0.1, -0.05) is 30.3 Å². The Bertz CT molecular complexity index is 1210. The van der Waals surface area contributed by atoms with Crippen molar-refractivity contribution in [1.29, 1.82) is 0 Å². The lowest BCUT2D eigenvalue weighted by molar-refractivity contribution is -0.138. The highest BCUT2D eigenvalue weighted by atomic mass is 32.1. The van der Waals surface area contributed by atoms with E-state index in [0.717, 1.165) is 73.8 Å².